The molecule has 7 nitrogen and oxygen atoms in total. The Labute approximate surface area is 195 Å². The lowest BCUT2D eigenvalue weighted by atomic mass is 10.0. The smallest absolute Gasteiger partial charge is 0.355 e. The number of carbonyl (C=O) groups is 1. The van der Waals surface area contributed by atoms with Gasteiger partial charge >= 0.3 is 5.97 Å². The predicted octanol–water partition coefficient (Wildman–Crippen LogP) is 4.49. The van der Waals surface area contributed by atoms with Crippen molar-refractivity contribution in [3.05, 3.63) is 42.1 Å². The molecule has 32 heavy (non-hydrogen) atoms. The van der Waals surface area contributed by atoms with Gasteiger partial charge in [0.05, 0.1) is 34.0 Å². The largest absolute Gasteiger partial charge is 0.497 e. The summed E-state index contributed by atoms with van der Waals surface area (Å²) in [5.41, 5.74) is 3.10. The third-order valence-electron chi connectivity index (χ3n) is 5.31. The lowest BCUT2D eigenvalue weighted by Gasteiger charge is -2.14. The summed E-state index contributed by atoms with van der Waals surface area (Å²) in [6.45, 7) is 1.55. The number of ether oxygens (including phenoxy) is 4. The maximum Gasteiger partial charge on any atom is 0.355 e. The number of fused-ring (bicyclic) bond motifs is 1. The fourth-order valence-corrected chi connectivity index (χ4v) is 3.81. The number of aromatic nitrogens is 1. The number of halogens is 1. The Bertz CT molecular complexity index is 1060. The van der Waals surface area contributed by atoms with Crippen molar-refractivity contribution >= 4 is 29.3 Å². The Morgan fingerprint density at radius 2 is 1.56 bits per heavy atom. The minimum absolute atomic E-state index is 0. The summed E-state index contributed by atoms with van der Waals surface area (Å²) in [5, 5.41) is 0.896. The molecule has 0 N–H and O–H groups in total. The molecule has 0 spiro atoms. The molecule has 0 atom stereocenters. The van der Waals surface area contributed by atoms with E-state index in [1.54, 1.807) is 21.3 Å². The van der Waals surface area contributed by atoms with Crippen molar-refractivity contribution in [3.63, 3.8) is 0 Å². The second-order valence-corrected chi connectivity index (χ2v) is 7.48. The predicted molar refractivity (Wildman–Crippen MR) is 129 cm³/mol. The molecule has 0 saturated heterocycles. The molecule has 3 aromatic rings. The summed E-state index contributed by atoms with van der Waals surface area (Å²) >= 11 is 0. The second-order valence-electron chi connectivity index (χ2n) is 7.48. The van der Waals surface area contributed by atoms with Gasteiger partial charge in [0.1, 0.15) is 11.4 Å². The van der Waals surface area contributed by atoms with E-state index in [0.717, 1.165) is 40.7 Å². The van der Waals surface area contributed by atoms with Crippen LogP contribution in [0, 0.1) is 0 Å². The van der Waals surface area contributed by atoms with Crippen LogP contribution < -0.4 is 14.2 Å². The number of methoxy groups -OCH3 is 4. The van der Waals surface area contributed by atoms with Crippen LogP contribution in [0.3, 0.4) is 0 Å². The lowest BCUT2D eigenvalue weighted by molar-refractivity contribution is 0.0589. The second kappa shape index (κ2) is 11.1. The zero-order chi connectivity index (χ0) is 22.5. The van der Waals surface area contributed by atoms with Gasteiger partial charge in [-0.1, -0.05) is 12.1 Å². The van der Waals surface area contributed by atoms with Gasteiger partial charge in [0.2, 0.25) is 0 Å². The van der Waals surface area contributed by atoms with Gasteiger partial charge in [0, 0.05) is 23.6 Å². The van der Waals surface area contributed by atoms with Crippen LogP contribution in [-0.4, -0.2) is 64.5 Å². The van der Waals surface area contributed by atoms with Crippen LogP contribution in [0.25, 0.3) is 22.0 Å². The minimum Gasteiger partial charge on any atom is -0.497 e. The van der Waals surface area contributed by atoms with E-state index < -0.39 is 0 Å². The van der Waals surface area contributed by atoms with Gasteiger partial charge in [-0.2, -0.15) is 0 Å². The first kappa shape index (κ1) is 25.4. The Kier molecular flexibility index (Phi) is 8.80. The van der Waals surface area contributed by atoms with Crippen LogP contribution in [0.2, 0.25) is 0 Å². The van der Waals surface area contributed by atoms with Crippen LogP contribution in [0.15, 0.2) is 36.4 Å². The van der Waals surface area contributed by atoms with Crippen molar-refractivity contribution in [1.82, 2.24) is 9.47 Å². The van der Waals surface area contributed by atoms with E-state index in [2.05, 4.69) is 4.90 Å². The molecule has 1 aromatic heterocycles. The third kappa shape index (κ3) is 4.95. The van der Waals surface area contributed by atoms with Gasteiger partial charge in [-0.3, -0.25) is 0 Å². The topological polar surface area (TPSA) is 62.2 Å². The van der Waals surface area contributed by atoms with Gasteiger partial charge in [-0.15, -0.1) is 12.4 Å². The average Bonchev–Trinajstić information content (AvgIpc) is 3.10. The molecule has 2 aromatic carbocycles. The normalized spacial score (nSPS) is 10.7. The van der Waals surface area contributed by atoms with E-state index in [-0.39, 0.29) is 18.4 Å². The van der Waals surface area contributed by atoms with Crippen LogP contribution >= 0.6 is 12.4 Å². The van der Waals surface area contributed by atoms with Crippen molar-refractivity contribution in [3.8, 4) is 28.4 Å². The lowest BCUT2D eigenvalue weighted by Crippen LogP contribution is -2.17. The molecule has 0 radical (unpaired) electrons. The molecule has 0 aliphatic heterocycles. The van der Waals surface area contributed by atoms with Gasteiger partial charge in [-0.05, 0) is 50.8 Å². The quantitative estimate of drug-likeness (QED) is 0.436. The number of carbonyl (C=O) groups excluding carboxylic acids is 1. The molecule has 0 fully saturated rings. The summed E-state index contributed by atoms with van der Waals surface area (Å²) in [4.78, 5) is 15.1. The number of nitrogens with zero attached hydrogens (tertiary/aromatic N) is 2. The summed E-state index contributed by atoms with van der Waals surface area (Å²) < 4.78 is 23.6. The van der Waals surface area contributed by atoms with E-state index in [1.807, 2.05) is 55.1 Å². The highest BCUT2D eigenvalue weighted by Crippen LogP contribution is 2.41. The summed E-state index contributed by atoms with van der Waals surface area (Å²) in [5.74, 6) is 1.58. The number of benzene rings is 2. The minimum atomic E-state index is -0.384. The van der Waals surface area contributed by atoms with Gasteiger partial charge in [0.15, 0.2) is 11.5 Å². The van der Waals surface area contributed by atoms with E-state index >= 15 is 0 Å². The highest BCUT2D eigenvalue weighted by Gasteiger charge is 2.26. The maximum absolute atomic E-state index is 13.0. The molecule has 8 heteroatoms. The molecule has 174 valence electrons. The monoisotopic (exact) mass is 462 g/mol. The van der Waals surface area contributed by atoms with Crippen LogP contribution in [0.5, 0.6) is 17.2 Å². The van der Waals surface area contributed by atoms with E-state index in [4.69, 9.17) is 18.9 Å². The molecule has 0 aliphatic rings. The summed E-state index contributed by atoms with van der Waals surface area (Å²) in [6, 6.07) is 11.5. The molecular formula is C24H31ClN2O5. The number of rotatable bonds is 9. The molecular weight excluding hydrogens is 432 g/mol. The Hall–Kier alpha value is -2.90. The molecule has 0 saturated carbocycles. The first-order valence-electron chi connectivity index (χ1n) is 10.1. The van der Waals surface area contributed by atoms with Crippen LogP contribution in [0.1, 0.15) is 16.9 Å². The van der Waals surface area contributed by atoms with E-state index in [0.29, 0.717) is 23.7 Å². The van der Waals surface area contributed by atoms with Crippen molar-refractivity contribution in [2.24, 2.45) is 0 Å². The fourth-order valence-electron chi connectivity index (χ4n) is 3.81. The zero-order valence-electron chi connectivity index (χ0n) is 19.4. The average molecular weight is 463 g/mol. The molecule has 1 heterocycles. The molecule has 0 amide bonds. The van der Waals surface area contributed by atoms with Crippen molar-refractivity contribution in [2.45, 2.75) is 13.0 Å². The zero-order valence-corrected chi connectivity index (χ0v) is 20.2. The Balaban J connectivity index is 0.00000363. The van der Waals surface area contributed by atoms with Crippen molar-refractivity contribution < 1.29 is 23.7 Å². The molecule has 0 aliphatic carbocycles. The number of esters is 1. The summed E-state index contributed by atoms with van der Waals surface area (Å²) in [6.07, 6.45) is 0.872. The van der Waals surface area contributed by atoms with E-state index in [1.165, 1.54) is 7.11 Å². The number of hydrogen-bond acceptors (Lipinski definition) is 6. The third-order valence-corrected chi connectivity index (χ3v) is 5.31. The van der Waals surface area contributed by atoms with Gasteiger partial charge in [0.25, 0.3) is 0 Å². The summed E-state index contributed by atoms with van der Waals surface area (Å²) in [7, 11) is 10.3. The van der Waals surface area contributed by atoms with Crippen molar-refractivity contribution in [1.29, 1.82) is 0 Å². The molecule has 0 unspecified atom stereocenters. The number of aryl methyl sites for hydroxylation is 1. The van der Waals surface area contributed by atoms with E-state index in [9.17, 15) is 4.79 Å². The van der Waals surface area contributed by atoms with Crippen molar-refractivity contribution in [2.75, 3.05) is 49.1 Å². The van der Waals surface area contributed by atoms with Crippen LogP contribution in [0.4, 0.5) is 0 Å². The standard InChI is InChI=1S/C24H30N2O5.ClH/c1-25(2)12-7-13-26-19-15-21(30-5)20(29-4)14-18(19)22(23(26)24(27)31-6)16-8-10-17(28-3)11-9-16;/h8-11,14-15H,7,12-13H2,1-6H3;1H. The first-order chi connectivity index (χ1) is 14.9. The highest BCUT2D eigenvalue weighted by atomic mass is 35.5. The van der Waals surface area contributed by atoms with Crippen LogP contribution in [-0.2, 0) is 11.3 Å². The Morgan fingerprint density at radius 1 is 0.938 bits per heavy atom. The highest BCUT2D eigenvalue weighted by molar-refractivity contribution is 6.09. The molecule has 0 bridgehead atoms. The maximum atomic E-state index is 13.0. The first-order valence-corrected chi connectivity index (χ1v) is 10.1. The van der Waals surface area contributed by atoms with Gasteiger partial charge in [-0.25, -0.2) is 4.79 Å². The number of hydrogen-bond donors (Lipinski definition) is 0. The SMILES string of the molecule is COC(=O)c1c(-c2ccc(OC)cc2)c2cc(OC)c(OC)cc2n1CCCN(C)C.Cl. The molecule has 3 rings (SSSR count). The van der Waals surface area contributed by atoms with Gasteiger partial charge < -0.3 is 28.4 Å². The fraction of sp³-hybridized carbons (Fsp3) is 0.375. The Morgan fingerprint density at radius 3 is 2.09 bits per heavy atom.